The second-order valence-electron chi connectivity index (χ2n) is 10.2. The number of nitrogens with one attached hydrogen (secondary N) is 2. The molecule has 1 aliphatic carbocycles. The lowest BCUT2D eigenvalue weighted by Crippen LogP contribution is -2.37. The van der Waals surface area contributed by atoms with Gasteiger partial charge in [0.15, 0.2) is 28.6 Å². The molecule has 0 aromatic carbocycles. The molecule has 0 unspecified atom stereocenters. The highest BCUT2D eigenvalue weighted by molar-refractivity contribution is 8.44. The summed E-state index contributed by atoms with van der Waals surface area (Å²) in [5.41, 5.74) is 6.17. The van der Waals surface area contributed by atoms with Crippen molar-refractivity contribution in [3.05, 3.63) is 29.2 Å². The van der Waals surface area contributed by atoms with E-state index in [1.807, 2.05) is 0 Å². The fourth-order valence-corrected chi connectivity index (χ4v) is 8.18. The van der Waals surface area contributed by atoms with Crippen LogP contribution in [-0.2, 0) is 32.8 Å². The number of imidazole rings is 1. The number of anilines is 1. The van der Waals surface area contributed by atoms with Gasteiger partial charge in [0.25, 0.3) is 5.56 Å². The third kappa shape index (κ3) is 5.19. The Morgan fingerprint density at radius 2 is 2.02 bits per heavy atom. The van der Waals surface area contributed by atoms with Gasteiger partial charge in [0, 0.05) is 18.9 Å². The number of ether oxygens (including phenoxy) is 1. The van der Waals surface area contributed by atoms with Crippen LogP contribution >= 0.6 is 19.0 Å². The van der Waals surface area contributed by atoms with Gasteiger partial charge in [-0.25, -0.2) is 28.4 Å². The molecule has 3 fully saturated rings. The van der Waals surface area contributed by atoms with Crippen LogP contribution in [0.5, 0.6) is 0 Å². The predicted molar refractivity (Wildman–Crippen MR) is 145 cm³/mol. The number of nitrogens with two attached hydrogens (primary N) is 1. The minimum atomic E-state index is -4.34. The molecule has 4 N–H and O–H groups in total. The average molecular weight is 642 g/mol. The molecule has 0 amide bonds. The lowest BCUT2D eigenvalue weighted by atomic mass is 10.1. The molecular formula is C20H24N11O8PS2. The fourth-order valence-electron chi connectivity index (χ4n) is 5.62. The smallest absolute Gasteiger partial charge is 0.369 e. The molecule has 2 aliphatic heterocycles. The number of H-pyrrole nitrogens is 1. The molecule has 6 heterocycles. The zero-order chi connectivity index (χ0) is 29.2. The maximum atomic E-state index is 13.3. The second-order valence-corrected chi connectivity index (χ2v) is 14.4. The highest BCUT2D eigenvalue weighted by Crippen LogP contribution is 2.57. The predicted octanol–water partition coefficient (Wildman–Crippen LogP) is -0.152. The molecule has 224 valence electrons. The first-order valence-electron chi connectivity index (χ1n) is 12.8. The topological polar surface area (TPSA) is 246 Å². The Morgan fingerprint density at radius 1 is 1.17 bits per heavy atom. The Labute approximate surface area is 241 Å². The molecule has 1 saturated carbocycles. The van der Waals surface area contributed by atoms with Crippen LogP contribution in [0.3, 0.4) is 0 Å². The largest absolute Gasteiger partial charge is 0.386 e. The first-order valence-corrected chi connectivity index (χ1v) is 16.9. The minimum Gasteiger partial charge on any atom is -0.369 e. The minimum absolute atomic E-state index is 0.0217. The van der Waals surface area contributed by atoms with Gasteiger partial charge in [0.1, 0.15) is 12.4 Å². The maximum Gasteiger partial charge on any atom is 0.386 e. The number of aromatic nitrogens is 9. The summed E-state index contributed by atoms with van der Waals surface area (Å²) in [6.45, 7) is -4.30. The molecule has 7 rings (SSSR count). The molecule has 0 spiro atoms. The van der Waals surface area contributed by atoms with Gasteiger partial charge >= 0.3 is 17.1 Å². The van der Waals surface area contributed by atoms with Crippen LogP contribution in [-0.4, -0.2) is 84.4 Å². The van der Waals surface area contributed by atoms with Gasteiger partial charge in [0.2, 0.25) is 5.95 Å². The van der Waals surface area contributed by atoms with Gasteiger partial charge in [-0.3, -0.25) is 23.4 Å². The van der Waals surface area contributed by atoms with Crippen LogP contribution in [0.2, 0.25) is 0 Å². The van der Waals surface area contributed by atoms with Crippen molar-refractivity contribution in [1.82, 2.24) is 49.2 Å². The monoisotopic (exact) mass is 641 g/mol. The van der Waals surface area contributed by atoms with E-state index >= 15 is 0 Å². The number of aromatic amines is 1. The Kier molecular flexibility index (Phi) is 6.81. The molecule has 4 aromatic rings. The Morgan fingerprint density at radius 3 is 2.88 bits per heavy atom. The standard InChI is InChI=1S/C20H24N11O8PS2/c21-20-26-17-15(18(32)27-20)24-8-30(17)19-14-3-11(37-19)6-36-40(33,41)38-13-2-10(1-9(13)4-25-42(34,35)39-14)31-16-12(28-29-31)5-22-7-23-16/h5,7-11,13-14,19,25H,1-4,6H2,(H,33,41)(H3,21,26,27,32)/t9-,10-,11+,13+,14-,19-,40+/m1/s1. The van der Waals surface area contributed by atoms with E-state index in [9.17, 15) is 17.8 Å². The first kappa shape index (κ1) is 27.8. The average Bonchev–Trinajstić information content (AvgIpc) is 3.70. The van der Waals surface area contributed by atoms with E-state index < -0.39 is 53.1 Å². The fraction of sp³-hybridized carbons (Fsp3) is 0.550. The van der Waals surface area contributed by atoms with Gasteiger partial charge in [-0.2, -0.15) is 18.1 Å². The number of rotatable bonds is 2. The number of nitrogens with zero attached hydrogens (tertiary/aromatic N) is 8. The van der Waals surface area contributed by atoms with E-state index in [0.717, 1.165) is 0 Å². The lowest BCUT2D eigenvalue weighted by molar-refractivity contribution is -0.0419. The highest BCUT2D eigenvalue weighted by Gasteiger charge is 2.45. The third-order valence-corrected chi connectivity index (χ3v) is 10.1. The normalized spacial score (nSPS) is 33.6. The van der Waals surface area contributed by atoms with Crippen molar-refractivity contribution in [2.75, 3.05) is 18.9 Å². The maximum absolute atomic E-state index is 13.3. The van der Waals surface area contributed by atoms with Crippen LogP contribution in [0.15, 0.2) is 23.6 Å². The summed E-state index contributed by atoms with van der Waals surface area (Å²) >= 11 is 4.19. The number of hydrogen-bond donors (Lipinski definition) is 4. The van der Waals surface area contributed by atoms with Gasteiger partial charge in [0.05, 0.1) is 37.4 Å². The van der Waals surface area contributed by atoms with E-state index in [4.69, 9.17) is 23.7 Å². The molecule has 0 radical (unpaired) electrons. The molecule has 2 saturated heterocycles. The molecule has 7 atom stereocenters. The van der Waals surface area contributed by atoms with Crippen molar-refractivity contribution in [2.24, 2.45) is 5.92 Å². The van der Waals surface area contributed by atoms with Crippen molar-refractivity contribution >= 4 is 57.6 Å². The van der Waals surface area contributed by atoms with Gasteiger partial charge in [-0.15, -0.1) is 5.10 Å². The van der Waals surface area contributed by atoms with E-state index in [-0.39, 0.29) is 42.7 Å². The summed E-state index contributed by atoms with van der Waals surface area (Å²) in [5.74, 6) is -0.620. The third-order valence-electron chi connectivity index (χ3n) is 7.42. The number of thiol groups is 1. The molecule has 22 heteroatoms. The van der Waals surface area contributed by atoms with E-state index in [1.54, 1.807) is 4.68 Å². The van der Waals surface area contributed by atoms with Crippen molar-refractivity contribution in [3.63, 3.8) is 0 Å². The van der Waals surface area contributed by atoms with Crippen LogP contribution in [0, 0.1) is 5.92 Å². The van der Waals surface area contributed by atoms with Crippen molar-refractivity contribution in [3.8, 4) is 0 Å². The zero-order valence-electron chi connectivity index (χ0n) is 21.5. The Balaban J connectivity index is 1.17. The number of fused-ring (bicyclic) bond motifs is 5. The molecule has 4 aromatic heterocycles. The summed E-state index contributed by atoms with van der Waals surface area (Å²) in [4.78, 5) is 31.0. The molecule has 2 bridgehead atoms. The quantitative estimate of drug-likeness (QED) is 0.164. The van der Waals surface area contributed by atoms with Crippen LogP contribution in [0.25, 0.3) is 22.3 Å². The first-order chi connectivity index (χ1) is 20.1. The number of hydrogen-bond acceptors (Lipinski definition) is 15. The second kappa shape index (κ2) is 10.3. The van der Waals surface area contributed by atoms with E-state index in [0.29, 0.717) is 24.0 Å². The Bertz CT molecular complexity index is 1880. The summed E-state index contributed by atoms with van der Waals surface area (Å²) in [6.07, 6.45) is 1.23. The number of nitrogen functional groups attached to an aromatic ring is 1. The van der Waals surface area contributed by atoms with Crippen molar-refractivity contribution in [2.45, 2.75) is 49.8 Å². The summed E-state index contributed by atoms with van der Waals surface area (Å²) in [7, 11) is -4.34. The SMILES string of the molecule is Nc1nc2c(ncn2[C@@H]2O[C@@H]3CO[P@](=O)(S)O[C@H]4C[C@H](n5nnc6cncnc65)C[C@@H]4CNS(=O)(=O)O[C@@H]2C3)c(=O)[nH]1. The molecular weight excluding hydrogens is 617 g/mol. The van der Waals surface area contributed by atoms with Crippen LogP contribution < -0.4 is 16.0 Å². The molecule has 3 aliphatic rings. The van der Waals surface area contributed by atoms with Crippen LogP contribution in [0.4, 0.5) is 5.95 Å². The van der Waals surface area contributed by atoms with Gasteiger partial charge in [-0.1, -0.05) is 17.5 Å². The molecule has 42 heavy (non-hydrogen) atoms. The van der Waals surface area contributed by atoms with Crippen molar-refractivity contribution in [1.29, 1.82) is 0 Å². The van der Waals surface area contributed by atoms with E-state index in [1.165, 1.54) is 23.4 Å². The zero-order valence-corrected chi connectivity index (χ0v) is 24.1. The Hall–Kier alpha value is -3.04. The summed E-state index contributed by atoms with van der Waals surface area (Å²) < 4.78 is 68.1. The van der Waals surface area contributed by atoms with Crippen molar-refractivity contribution < 1.29 is 31.0 Å². The summed E-state index contributed by atoms with van der Waals surface area (Å²) in [6, 6.07) is -0.298. The van der Waals surface area contributed by atoms with E-state index in [2.05, 4.69) is 52.2 Å². The highest BCUT2D eigenvalue weighted by atomic mass is 32.7. The summed E-state index contributed by atoms with van der Waals surface area (Å²) in [5, 5.41) is 8.27. The van der Waals surface area contributed by atoms with Crippen LogP contribution in [0.1, 0.15) is 31.5 Å². The molecule has 19 nitrogen and oxygen atoms in total. The van der Waals surface area contributed by atoms with Gasteiger partial charge in [-0.05, 0) is 12.8 Å². The lowest BCUT2D eigenvalue weighted by Gasteiger charge is -2.25. The van der Waals surface area contributed by atoms with Gasteiger partial charge < -0.3 is 10.5 Å².